The molecule has 0 unspecified atom stereocenters. The Hall–Kier alpha value is -0.610. The zero-order chi connectivity index (χ0) is 19.6. The van der Waals surface area contributed by atoms with Crippen molar-refractivity contribution in [3.8, 4) is 0 Å². The molecule has 0 aliphatic carbocycles. The van der Waals surface area contributed by atoms with Gasteiger partial charge in [0.2, 0.25) is 5.91 Å². The number of ether oxygens (including phenoxy) is 1. The summed E-state index contributed by atoms with van der Waals surface area (Å²) in [7, 11) is 0. The average Bonchev–Trinajstić information content (AvgIpc) is 2.57. The fourth-order valence-electron chi connectivity index (χ4n) is 4.11. The molecule has 1 N–H and O–H groups in total. The predicted octanol–water partition coefficient (Wildman–Crippen LogP) is 4.48. The van der Waals surface area contributed by atoms with E-state index in [-0.39, 0.29) is 11.5 Å². The molecule has 0 aromatic heterocycles. The van der Waals surface area contributed by atoms with E-state index >= 15 is 0 Å². The largest absolute Gasteiger partial charge is 0.376 e. The highest BCUT2D eigenvalue weighted by Gasteiger charge is 2.34. The summed E-state index contributed by atoms with van der Waals surface area (Å²) in [6, 6.07) is 0. The van der Waals surface area contributed by atoms with Crippen LogP contribution in [0.2, 0.25) is 0 Å². The van der Waals surface area contributed by atoms with Gasteiger partial charge in [0.1, 0.15) is 0 Å². The predicted molar refractivity (Wildman–Crippen MR) is 110 cm³/mol. The smallest absolute Gasteiger partial charge is 0.220 e. The van der Waals surface area contributed by atoms with Crippen molar-refractivity contribution in [2.45, 2.75) is 85.7 Å². The van der Waals surface area contributed by atoms with E-state index in [0.717, 1.165) is 58.5 Å². The Morgan fingerprint density at radius 3 is 2.50 bits per heavy atom. The second-order valence-corrected chi connectivity index (χ2v) is 9.03. The summed E-state index contributed by atoms with van der Waals surface area (Å²) >= 11 is 0. The maximum Gasteiger partial charge on any atom is 0.220 e. The average molecular weight is 369 g/mol. The second kappa shape index (κ2) is 12.0. The summed E-state index contributed by atoms with van der Waals surface area (Å²) in [6.07, 6.45) is 6.25. The minimum absolute atomic E-state index is 0.0424. The number of carbonyl (C=O) groups excluding carboxylic acids is 1. The number of amides is 1. The Morgan fingerprint density at radius 2 is 1.92 bits per heavy atom. The minimum atomic E-state index is -0.0424. The first-order valence-electron chi connectivity index (χ1n) is 10.9. The van der Waals surface area contributed by atoms with Gasteiger partial charge in [-0.3, -0.25) is 4.79 Å². The van der Waals surface area contributed by atoms with E-state index in [9.17, 15) is 4.79 Å². The van der Waals surface area contributed by atoms with E-state index in [4.69, 9.17) is 4.74 Å². The molecule has 1 aliphatic rings. The van der Waals surface area contributed by atoms with Crippen molar-refractivity contribution in [2.75, 3.05) is 32.8 Å². The minimum Gasteiger partial charge on any atom is -0.376 e. The third-order valence-corrected chi connectivity index (χ3v) is 5.83. The molecule has 1 saturated heterocycles. The zero-order valence-corrected chi connectivity index (χ0v) is 18.3. The van der Waals surface area contributed by atoms with Crippen LogP contribution >= 0.6 is 0 Å². The Bertz CT molecular complexity index is 392. The number of rotatable bonds is 12. The molecule has 0 saturated carbocycles. The molecule has 2 atom stereocenters. The molecule has 4 nitrogen and oxygen atoms in total. The summed E-state index contributed by atoms with van der Waals surface area (Å²) in [6.45, 7) is 18.2. The topological polar surface area (TPSA) is 41.6 Å². The van der Waals surface area contributed by atoms with Gasteiger partial charge in [-0.1, -0.05) is 34.1 Å². The molecule has 0 bridgehead atoms. The lowest BCUT2D eigenvalue weighted by molar-refractivity contribution is -0.124. The fraction of sp³-hybridized carbons (Fsp3) is 0.955. The molecule has 1 fully saturated rings. The Balaban J connectivity index is 2.47. The zero-order valence-electron chi connectivity index (χ0n) is 18.3. The van der Waals surface area contributed by atoms with Crippen molar-refractivity contribution in [3.05, 3.63) is 0 Å². The van der Waals surface area contributed by atoms with Crippen LogP contribution in [-0.2, 0) is 9.53 Å². The lowest BCUT2D eigenvalue weighted by atomic mass is 9.75. The molecule has 4 heteroatoms. The third kappa shape index (κ3) is 9.36. The van der Waals surface area contributed by atoms with E-state index in [1.54, 1.807) is 0 Å². The summed E-state index contributed by atoms with van der Waals surface area (Å²) in [4.78, 5) is 14.9. The van der Waals surface area contributed by atoms with Crippen LogP contribution in [0.3, 0.4) is 0 Å². The molecule has 0 aromatic rings. The van der Waals surface area contributed by atoms with Crippen LogP contribution in [-0.4, -0.2) is 49.2 Å². The Labute approximate surface area is 162 Å². The fourth-order valence-corrected chi connectivity index (χ4v) is 4.11. The Kier molecular flexibility index (Phi) is 10.8. The number of carbonyl (C=O) groups is 1. The molecular weight excluding hydrogens is 324 g/mol. The number of nitrogens with zero attached hydrogens (tertiary/aromatic N) is 1. The summed E-state index contributed by atoms with van der Waals surface area (Å²) in [5, 5.41) is 3.17. The molecule has 26 heavy (non-hydrogen) atoms. The highest BCUT2D eigenvalue weighted by atomic mass is 16.5. The van der Waals surface area contributed by atoms with Crippen LogP contribution in [0.25, 0.3) is 0 Å². The van der Waals surface area contributed by atoms with E-state index in [1.807, 2.05) is 0 Å². The number of hydrogen-bond donors (Lipinski definition) is 1. The van der Waals surface area contributed by atoms with Crippen molar-refractivity contribution in [1.82, 2.24) is 10.2 Å². The Morgan fingerprint density at radius 1 is 1.23 bits per heavy atom. The van der Waals surface area contributed by atoms with Crippen molar-refractivity contribution < 1.29 is 9.53 Å². The SMILES string of the molecule is CCN(CC)CCCNC(=O)C[C@H](CCC(C)C)[C@H]1CCOC(C)(C)C1. The molecule has 0 spiro atoms. The van der Waals surface area contributed by atoms with Gasteiger partial charge in [-0.05, 0) is 76.9 Å². The van der Waals surface area contributed by atoms with Crippen molar-refractivity contribution in [2.24, 2.45) is 17.8 Å². The van der Waals surface area contributed by atoms with Gasteiger partial charge in [-0.2, -0.15) is 0 Å². The normalized spacial score (nSPS) is 21.2. The highest BCUT2D eigenvalue weighted by Crippen LogP contribution is 2.37. The van der Waals surface area contributed by atoms with Crippen molar-refractivity contribution >= 4 is 5.91 Å². The number of hydrogen-bond acceptors (Lipinski definition) is 3. The van der Waals surface area contributed by atoms with Gasteiger partial charge in [0.25, 0.3) is 0 Å². The molecule has 1 amide bonds. The van der Waals surface area contributed by atoms with Gasteiger partial charge >= 0.3 is 0 Å². The molecule has 1 aliphatic heterocycles. The molecule has 1 rings (SSSR count). The lowest BCUT2D eigenvalue weighted by Gasteiger charge is -2.39. The van der Waals surface area contributed by atoms with Gasteiger partial charge in [-0.15, -0.1) is 0 Å². The van der Waals surface area contributed by atoms with Gasteiger partial charge in [0, 0.05) is 19.6 Å². The molecular formula is C22H44N2O2. The quantitative estimate of drug-likeness (QED) is 0.516. The maximum absolute atomic E-state index is 12.5. The van der Waals surface area contributed by atoms with Gasteiger partial charge in [0.15, 0.2) is 0 Å². The van der Waals surface area contributed by atoms with Crippen LogP contribution in [0.1, 0.15) is 80.1 Å². The van der Waals surface area contributed by atoms with E-state index in [2.05, 4.69) is 51.8 Å². The first-order valence-corrected chi connectivity index (χ1v) is 10.9. The van der Waals surface area contributed by atoms with E-state index in [0.29, 0.717) is 24.2 Å². The lowest BCUT2D eigenvalue weighted by Crippen LogP contribution is -2.38. The molecule has 0 aromatic carbocycles. The second-order valence-electron chi connectivity index (χ2n) is 9.03. The monoisotopic (exact) mass is 368 g/mol. The van der Waals surface area contributed by atoms with E-state index in [1.165, 1.54) is 6.42 Å². The van der Waals surface area contributed by atoms with Crippen LogP contribution in [0.15, 0.2) is 0 Å². The van der Waals surface area contributed by atoms with Gasteiger partial charge in [0.05, 0.1) is 5.60 Å². The molecule has 154 valence electrons. The van der Waals surface area contributed by atoms with Crippen LogP contribution in [0.5, 0.6) is 0 Å². The van der Waals surface area contributed by atoms with Crippen LogP contribution < -0.4 is 5.32 Å². The maximum atomic E-state index is 12.5. The summed E-state index contributed by atoms with van der Waals surface area (Å²) in [5.41, 5.74) is -0.0424. The van der Waals surface area contributed by atoms with Gasteiger partial charge < -0.3 is 15.0 Å². The molecule has 1 heterocycles. The van der Waals surface area contributed by atoms with Crippen molar-refractivity contribution in [3.63, 3.8) is 0 Å². The third-order valence-electron chi connectivity index (χ3n) is 5.83. The van der Waals surface area contributed by atoms with Crippen molar-refractivity contribution in [1.29, 1.82) is 0 Å². The van der Waals surface area contributed by atoms with E-state index < -0.39 is 0 Å². The number of nitrogens with one attached hydrogen (secondary N) is 1. The first kappa shape index (κ1) is 23.4. The van der Waals surface area contributed by atoms with Gasteiger partial charge in [-0.25, -0.2) is 0 Å². The highest BCUT2D eigenvalue weighted by molar-refractivity contribution is 5.76. The standard InChI is InChI=1S/C22H44N2O2/c1-7-24(8-2)14-9-13-23-21(25)16-19(11-10-18(3)4)20-12-15-26-22(5,6)17-20/h18-20H,7-17H2,1-6H3,(H,23,25)/t19-,20-/m0/s1. The van der Waals surface area contributed by atoms with Crippen LogP contribution in [0.4, 0.5) is 0 Å². The summed E-state index contributed by atoms with van der Waals surface area (Å²) in [5.74, 6) is 2.03. The first-order chi connectivity index (χ1) is 12.3. The summed E-state index contributed by atoms with van der Waals surface area (Å²) < 4.78 is 5.89. The molecule has 0 radical (unpaired) electrons. The van der Waals surface area contributed by atoms with Crippen LogP contribution in [0, 0.1) is 17.8 Å².